The number of sulfone groups is 1. The second-order valence-electron chi connectivity index (χ2n) is 4.09. The van der Waals surface area contributed by atoms with Crippen molar-refractivity contribution in [1.29, 1.82) is 0 Å². The molecule has 0 aliphatic heterocycles. The monoisotopic (exact) mass is 482 g/mol. The molecule has 1 rings (SSSR count). The second kappa shape index (κ2) is 7.63. The topological polar surface area (TPSA) is 77.5 Å². The molecule has 0 aliphatic carbocycles. The molecule has 120 valence electrons. The molecule has 0 aliphatic rings. The number of rotatable bonds is 7. The van der Waals surface area contributed by atoms with Gasteiger partial charge in [0, 0.05) is 16.4 Å². The Morgan fingerprint density at radius 3 is 2.10 bits per heavy atom. The quantitative estimate of drug-likeness (QED) is 0.438. The number of ether oxygens (including phenoxy) is 1. The number of benzene rings is 1. The van der Waals surface area contributed by atoms with E-state index in [9.17, 15) is 16.8 Å². The predicted octanol–water partition coefficient (Wildman–Crippen LogP) is 3.34. The summed E-state index contributed by atoms with van der Waals surface area (Å²) in [7, 11) is -1.58. The van der Waals surface area contributed by atoms with Crippen LogP contribution in [0.3, 0.4) is 0 Å². The van der Waals surface area contributed by atoms with E-state index in [1.165, 1.54) is 12.1 Å². The van der Waals surface area contributed by atoms with Crippen molar-refractivity contribution in [1.82, 2.24) is 0 Å². The third-order valence-electron chi connectivity index (χ3n) is 2.54. The lowest BCUT2D eigenvalue weighted by Gasteiger charge is -2.11. The largest absolute Gasteiger partial charge is 0.491 e. The van der Waals surface area contributed by atoms with Crippen molar-refractivity contribution in [2.24, 2.45) is 0 Å². The van der Waals surface area contributed by atoms with Crippen LogP contribution in [0.5, 0.6) is 5.75 Å². The summed E-state index contributed by atoms with van der Waals surface area (Å²) in [5, 5.41) is 0. The van der Waals surface area contributed by atoms with Crippen LogP contribution >= 0.6 is 42.5 Å². The van der Waals surface area contributed by atoms with Gasteiger partial charge in [-0.05, 0) is 50.4 Å². The Morgan fingerprint density at radius 1 is 1.14 bits per heavy atom. The summed E-state index contributed by atoms with van der Waals surface area (Å²) in [6.45, 7) is 1.79. The van der Waals surface area contributed by atoms with Crippen molar-refractivity contribution < 1.29 is 21.6 Å². The maximum atomic E-state index is 11.3. The lowest BCUT2D eigenvalue weighted by Crippen LogP contribution is -2.12. The van der Waals surface area contributed by atoms with Crippen LogP contribution in [0, 0.1) is 0 Å². The third-order valence-corrected chi connectivity index (χ3v) is 6.84. The Hall–Kier alpha value is 0.170. The smallest absolute Gasteiger partial charge is 0.261 e. The van der Waals surface area contributed by atoms with E-state index in [0.717, 1.165) is 0 Å². The molecular formula is C11H13Br2ClO5S2. The molecule has 0 saturated carbocycles. The molecule has 1 aromatic rings. The van der Waals surface area contributed by atoms with Crippen molar-refractivity contribution in [3.63, 3.8) is 0 Å². The van der Waals surface area contributed by atoms with E-state index in [4.69, 9.17) is 15.4 Å². The first-order valence-corrected chi connectivity index (χ1v) is 11.6. The van der Waals surface area contributed by atoms with Gasteiger partial charge in [0.15, 0.2) is 0 Å². The van der Waals surface area contributed by atoms with Gasteiger partial charge in [0.05, 0.1) is 26.2 Å². The SMILES string of the molecule is CCS(=O)(=O)CCCOc1c(Br)cc(S(=O)(=O)Cl)cc1Br. The molecule has 0 bridgehead atoms. The molecule has 0 unspecified atom stereocenters. The zero-order valence-corrected chi connectivity index (χ0v) is 16.5. The lowest BCUT2D eigenvalue weighted by molar-refractivity contribution is 0.313. The molecule has 0 atom stereocenters. The maximum Gasteiger partial charge on any atom is 0.261 e. The molecule has 0 aromatic heterocycles. The fourth-order valence-electron chi connectivity index (χ4n) is 1.41. The number of halogens is 3. The van der Waals surface area contributed by atoms with Gasteiger partial charge in [-0.25, -0.2) is 16.8 Å². The van der Waals surface area contributed by atoms with Crippen LogP contribution in [0.4, 0.5) is 0 Å². The van der Waals surface area contributed by atoms with Crippen LogP contribution in [0.15, 0.2) is 26.0 Å². The van der Waals surface area contributed by atoms with Crippen molar-refractivity contribution in [3.8, 4) is 5.75 Å². The Bertz CT molecular complexity index is 693. The fourth-order valence-corrected chi connectivity index (χ4v) is 4.76. The van der Waals surface area contributed by atoms with Crippen molar-refractivity contribution >= 4 is 61.4 Å². The molecule has 0 N–H and O–H groups in total. The van der Waals surface area contributed by atoms with E-state index < -0.39 is 18.9 Å². The summed E-state index contributed by atoms with van der Waals surface area (Å²) in [5.74, 6) is 0.545. The lowest BCUT2D eigenvalue weighted by atomic mass is 10.3. The molecule has 0 amide bonds. The van der Waals surface area contributed by atoms with Crippen LogP contribution in [0.1, 0.15) is 13.3 Å². The van der Waals surface area contributed by atoms with E-state index in [1.807, 2.05) is 0 Å². The highest BCUT2D eigenvalue weighted by molar-refractivity contribution is 9.11. The van der Waals surface area contributed by atoms with Gasteiger partial charge in [0.2, 0.25) is 0 Å². The maximum absolute atomic E-state index is 11.3. The minimum Gasteiger partial charge on any atom is -0.491 e. The Balaban J connectivity index is 2.78. The molecule has 0 fully saturated rings. The van der Waals surface area contributed by atoms with Crippen LogP contribution in [-0.2, 0) is 18.9 Å². The molecule has 10 heteroatoms. The zero-order chi connectivity index (χ0) is 16.3. The average molecular weight is 485 g/mol. The molecule has 5 nitrogen and oxygen atoms in total. The van der Waals surface area contributed by atoms with E-state index in [1.54, 1.807) is 6.92 Å². The fraction of sp³-hybridized carbons (Fsp3) is 0.455. The van der Waals surface area contributed by atoms with E-state index in [-0.39, 0.29) is 23.0 Å². The zero-order valence-electron chi connectivity index (χ0n) is 11.0. The molecule has 0 radical (unpaired) electrons. The van der Waals surface area contributed by atoms with Gasteiger partial charge in [-0.15, -0.1) is 0 Å². The Labute approximate surface area is 145 Å². The standard InChI is InChI=1S/C11H13Br2ClO5S2/c1-2-20(15,16)5-3-4-19-11-9(12)6-8(7-10(11)13)21(14,17)18/h6-7H,2-5H2,1H3. The Kier molecular flexibility index (Phi) is 6.98. The molecule has 1 aromatic carbocycles. The first-order valence-electron chi connectivity index (χ1n) is 5.84. The normalized spacial score (nSPS) is 12.4. The number of hydrogen-bond donors (Lipinski definition) is 0. The Morgan fingerprint density at radius 2 is 1.67 bits per heavy atom. The minimum atomic E-state index is -3.84. The van der Waals surface area contributed by atoms with Crippen LogP contribution in [0.2, 0.25) is 0 Å². The highest BCUT2D eigenvalue weighted by Crippen LogP contribution is 2.36. The molecular weight excluding hydrogens is 472 g/mol. The van der Waals surface area contributed by atoms with Crippen LogP contribution in [0.25, 0.3) is 0 Å². The summed E-state index contributed by atoms with van der Waals surface area (Å²) in [6.07, 6.45) is 0.352. The highest BCUT2D eigenvalue weighted by atomic mass is 79.9. The summed E-state index contributed by atoms with van der Waals surface area (Å²) >= 11 is 6.40. The van der Waals surface area contributed by atoms with Gasteiger partial charge in [0.1, 0.15) is 15.6 Å². The van der Waals surface area contributed by atoms with Crippen molar-refractivity contribution in [2.75, 3.05) is 18.1 Å². The van der Waals surface area contributed by atoms with E-state index in [2.05, 4.69) is 31.9 Å². The van der Waals surface area contributed by atoms with Gasteiger partial charge < -0.3 is 4.74 Å². The molecule has 0 spiro atoms. The summed E-state index contributed by atoms with van der Waals surface area (Å²) < 4.78 is 51.5. The number of hydrogen-bond acceptors (Lipinski definition) is 5. The van der Waals surface area contributed by atoms with Crippen molar-refractivity contribution in [3.05, 3.63) is 21.1 Å². The molecule has 0 heterocycles. The van der Waals surface area contributed by atoms with E-state index in [0.29, 0.717) is 21.1 Å². The van der Waals surface area contributed by atoms with Gasteiger partial charge in [-0.1, -0.05) is 6.92 Å². The summed E-state index contributed by atoms with van der Waals surface area (Å²) in [4.78, 5) is -0.0659. The predicted molar refractivity (Wildman–Crippen MR) is 89.3 cm³/mol. The van der Waals surface area contributed by atoms with Gasteiger partial charge >= 0.3 is 0 Å². The average Bonchev–Trinajstić information content (AvgIpc) is 2.35. The highest BCUT2D eigenvalue weighted by Gasteiger charge is 2.16. The molecule has 0 saturated heterocycles. The first-order chi connectivity index (χ1) is 9.57. The first kappa shape index (κ1) is 19.2. The summed E-state index contributed by atoms with van der Waals surface area (Å²) in [6, 6.07) is 2.65. The molecule has 21 heavy (non-hydrogen) atoms. The van der Waals surface area contributed by atoms with Gasteiger partial charge in [-0.3, -0.25) is 0 Å². The van der Waals surface area contributed by atoms with Gasteiger partial charge in [0.25, 0.3) is 9.05 Å². The van der Waals surface area contributed by atoms with Crippen LogP contribution in [-0.4, -0.2) is 34.9 Å². The van der Waals surface area contributed by atoms with E-state index >= 15 is 0 Å². The second-order valence-corrected chi connectivity index (χ2v) is 10.8. The van der Waals surface area contributed by atoms with Crippen LogP contribution < -0.4 is 4.74 Å². The van der Waals surface area contributed by atoms with Crippen molar-refractivity contribution in [2.45, 2.75) is 18.2 Å². The minimum absolute atomic E-state index is 0.0485. The third kappa shape index (κ3) is 6.05. The van der Waals surface area contributed by atoms with Gasteiger partial charge in [-0.2, -0.15) is 0 Å². The summed E-state index contributed by atoms with van der Waals surface area (Å²) in [5.41, 5.74) is 0.